The first-order valence-corrected chi connectivity index (χ1v) is 3.40. The fraction of sp³-hybridized carbons (Fsp3) is 0.250. The molecule has 0 unspecified atom stereocenters. The number of halogens is 1. The largest absolute Gasteiger partial charge is 0.425 e. The van der Waals surface area contributed by atoms with Crippen LogP contribution in [0.15, 0.2) is 12.4 Å². The van der Waals surface area contributed by atoms with Gasteiger partial charge in [-0.3, -0.25) is 9.78 Å². The van der Waals surface area contributed by atoms with Gasteiger partial charge in [-0.15, -0.1) is 0 Å². The Bertz CT molecular complexity index is 312. The third kappa shape index (κ3) is 1.78. The number of pyridine rings is 1. The van der Waals surface area contributed by atoms with E-state index in [1.165, 1.54) is 20.0 Å². The van der Waals surface area contributed by atoms with Crippen molar-refractivity contribution in [1.82, 2.24) is 4.98 Å². The molecule has 0 saturated carbocycles. The first kappa shape index (κ1) is 8.64. The molecular formula is C8H8FNO2. The Hall–Kier alpha value is -1.45. The lowest BCUT2D eigenvalue weighted by Gasteiger charge is -2.03. The Kier molecular flexibility index (Phi) is 2.38. The molecule has 12 heavy (non-hydrogen) atoms. The maximum absolute atomic E-state index is 12.8. The monoisotopic (exact) mass is 169 g/mol. The zero-order valence-corrected chi connectivity index (χ0v) is 6.80. The number of nitrogens with zero attached hydrogens (tertiary/aromatic N) is 1. The number of carbonyl (C=O) groups excluding carboxylic acids is 1. The Morgan fingerprint density at radius 1 is 1.58 bits per heavy atom. The highest BCUT2D eigenvalue weighted by atomic mass is 19.1. The van der Waals surface area contributed by atoms with Gasteiger partial charge in [0.25, 0.3) is 0 Å². The van der Waals surface area contributed by atoms with E-state index in [-0.39, 0.29) is 5.75 Å². The minimum Gasteiger partial charge on any atom is -0.425 e. The molecule has 0 saturated heterocycles. The zero-order valence-electron chi connectivity index (χ0n) is 6.80. The van der Waals surface area contributed by atoms with Gasteiger partial charge < -0.3 is 4.74 Å². The SMILES string of the molecule is CC(=O)Oc1cncc(F)c1C. The standard InChI is InChI=1S/C8H8FNO2/c1-5-7(9)3-10-4-8(5)12-6(2)11/h3-4H,1-2H3. The molecule has 1 aromatic rings. The van der Waals surface area contributed by atoms with Crippen molar-refractivity contribution < 1.29 is 13.9 Å². The summed E-state index contributed by atoms with van der Waals surface area (Å²) in [6, 6.07) is 0. The third-order valence-electron chi connectivity index (χ3n) is 1.36. The summed E-state index contributed by atoms with van der Waals surface area (Å²) >= 11 is 0. The Labute approximate surface area is 69.2 Å². The molecule has 0 aliphatic rings. The number of rotatable bonds is 1. The van der Waals surface area contributed by atoms with Crippen molar-refractivity contribution in [2.24, 2.45) is 0 Å². The summed E-state index contributed by atoms with van der Waals surface area (Å²) in [4.78, 5) is 14.1. The van der Waals surface area contributed by atoms with Gasteiger partial charge >= 0.3 is 5.97 Å². The lowest BCUT2D eigenvalue weighted by atomic mass is 10.3. The summed E-state index contributed by atoms with van der Waals surface area (Å²) < 4.78 is 17.5. The Balaban J connectivity index is 3.00. The van der Waals surface area contributed by atoms with E-state index in [1.807, 2.05) is 0 Å². The number of hydrogen-bond donors (Lipinski definition) is 0. The molecule has 1 aromatic heterocycles. The summed E-state index contributed by atoms with van der Waals surface area (Å²) in [7, 11) is 0. The van der Waals surface area contributed by atoms with Crippen LogP contribution in [0.25, 0.3) is 0 Å². The normalized spacial score (nSPS) is 9.58. The predicted molar refractivity (Wildman–Crippen MR) is 40.2 cm³/mol. The van der Waals surface area contributed by atoms with Gasteiger partial charge in [0.15, 0.2) is 5.75 Å². The van der Waals surface area contributed by atoms with Crippen LogP contribution in [0.4, 0.5) is 4.39 Å². The van der Waals surface area contributed by atoms with Gasteiger partial charge in [0.1, 0.15) is 5.82 Å². The fourth-order valence-corrected chi connectivity index (χ4v) is 0.739. The second kappa shape index (κ2) is 3.30. The molecule has 0 aliphatic heterocycles. The molecule has 0 aromatic carbocycles. The van der Waals surface area contributed by atoms with Crippen LogP contribution in [0.5, 0.6) is 5.75 Å². The highest BCUT2D eigenvalue weighted by Gasteiger charge is 2.06. The van der Waals surface area contributed by atoms with E-state index in [2.05, 4.69) is 9.72 Å². The van der Waals surface area contributed by atoms with Crippen LogP contribution < -0.4 is 4.74 Å². The number of aromatic nitrogens is 1. The van der Waals surface area contributed by atoms with Crippen LogP contribution >= 0.6 is 0 Å². The molecule has 0 atom stereocenters. The molecule has 0 aliphatic carbocycles. The van der Waals surface area contributed by atoms with E-state index >= 15 is 0 Å². The summed E-state index contributed by atoms with van der Waals surface area (Å²) in [5, 5.41) is 0. The number of esters is 1. The molecule has 4 heteroatoms. The first-order valence-electron chi connectivity index (χ1n) is 3.40. The minimum absolute atomic E-state index is 0.169. The second-order valence-electron chi connectivity index (χ2n) is 2.34. The second-order valence-corrected chi connectivity index (χ2v) is 2.34. The van der Waals surface area contributed by atoms with E-state index in [0.717, 1.165) is 6.20 Å². The van der Waals surface area contributed by atoms with Crippen molar-refractivity contribution in [3.63, 3.8) is 0 Å². The van der Waals surface area contributed by atoms with Gasteiger partial charge in [-0.2, -0.15) is 0 Å². The van der Waals surface area contributed by atoms with Gasteiger partial charge in [0.2, 0.25) is 0 Å². The molecule has 3 nitrogen and oxygen atoms in total. The highest BCUT2D eigenvalue weighted by molar-refractivity contribution is 5.69. The van der Waals surface area contributed by atoms with Crippen LogP contribution in [0.1, 0.15) is 12.5 Å². The van der Waals surface area contributed by atoms with Crippen LogP contribution in [0, 0.1) is 12.7 Å². The summed E-state index contributed by atoms with van der Waals surface area (Å²) in [6.07, 6.45) is 2.38. The molecular weight excluding hydrogens is 161 g/mol. The molecule has 0 spiro atoms. The molecule has 0 amide bonds. The van der Waals surface area contributed by atoms with Gasteiger partial charge in [0, 0.05) is 12.5 Å². The van der Waals surface area contributed by atoms with E-state index in [9.17, 15) is 9.18 Å². The van der Waals surface area contributed by atoms with E-state index in [4.69, 9.17) is 0 Å². The topological polar surface area (TPSA) is 39.2 Å². The quantitative estimate of drug-likeness (QED) is 0.597. The van der Waals surface area contributed by atoms with Crippen LogP contribution in [0.3, 0.4) is 0 Å². The van der Waals surface area contributed by atoms with Crippen LogP contribution in [-0.2, 0) is 4.79 Å². The summed E-state index contributed by atoms with van der Waals surface area (Å²) in [5.41, 5.74) is 0.292. The fourth-order valence-electron chi connectivity index (χ4n) is 0.739. The van der Waals surface area contributed by atoms with E-state index in [1.54, 1.807) is 0 Å². The highest BCUT2D eigenvalue weighted by Crippen LogP contribution is 2.18. The molecule has 1 heterocycles. The molecule has 64 valence electrons. The van der Waals surface area contributed by atoms with Gasteiger partial charge in [0.05, 0.1) is 12.4 Å². The number of hydrogen-bond acceptors (Lipinski definition) is 3. The maximum atomic E-state index is 12.8. The molecule has 0 bridgehead atoms. The molecule has 0 N–H and O–H groups in total. The molecule has 0 radical (unpaired) electrons. The van der Waals surface area contributed by atoms with Crippen molar-refractivity contribution in [2.45, 2.75) is 13.8 Å². The van der Waals surface area contributed by atoms with Crippen molar-refractivity contribution >= 4 is 5.97 Å². The Morgan fingerprint density at radius 2 is 2.25 bits per heavy atom. The smallest absolute Gasteiger partial charge is 0.308 e. The van der Waals surface area contributed by atoms with E-state index in [0.29, 0.717) is 5.56 Å². The van der Waals surface area contributed by atoms with Gasteiger partial charge in [-0.1, -0.05) is 0 Å². The van der Waals surface area contributed by atoms with Crippen molar-refractivity contribution in [3.8, 4) is 5.75 Å². The summed E-state index contributed by atoms with van der Waals surface area (Å²) in [6.45, 7) is 2.78. The van der Waals surface area contributed by atoms with Crippen molar-refractivity contribution in [3.05, 3.63) is 23.8 Å². The zero-order chi connectivity index (χ0) is 9.14. The first-order chi connectivity index (χ1) is 5.61. The number of carbonyl (C=O) groups is 1. The lowest BCUT2D eigenvalue weighted by Crippen LogP contribution is -2.04. The third-order valence-corrected chi connectivity index (χ3v) is 1.36. The van der Waals surface area contributed by atoms with Crippen molar-refractivity contribution in [2.75, 3.05) is 0 Å². The predicted octanol–water partition coefficient (Wildman–Crippen LogP) is 1.45. The van der Waals surface area contributed by atoms with Crippen molar-refractivity contribution in [1.29, 1.82) is 0 Å². The minimum atomic E-state index is -0.481. The van der Waals surface area contributed by atoms with Crippen LogP contribution in [0.2, 0.25) is 0 Å². The maximum Gasteiger partial charge on any atom is 0.308 e. The van der Waals surface area contributed by atoms with Crippen LogP contribution in [-0.4, -0.2) is 11.0 Å². The van der Waals surface area contributed by atoms with E-state index < -0.39 is 11.8 Å². The summed E-state index contributed by atoms with van der Waals surface area (Å²) in [5.74, 6) is -0.790. The average Bonchev–Trinajstić information content (AvgIpc) is 1.98. The van der Waals surface area contributed by atoms with Gasteiger partial charge in [-0.05, 0) is 6.92 Å². The lowest BCUT2D eigenvalue weighted by molar-refractivity contribution is -0.131. The molecule has 1 rings (SSSR count). The van der Waals surface area contributed by atoms with Gasteiger partial charge in [-0.25, -0.2) is 4.39 Å². The number of ether oxygens (including phenoxy) is 1. The molecule has 0 fully saturated rings. The average molecular weight is 169 g/mol. The Morgan fingerprint density at radius 3 is 2.83 bits per heavy atom.